The normalized spacial score (nSPS) is 27.6. The number of ether oxygens (including phenoxy) is 1. The van der Waals surface area contributed by atoms with E-state index in [1.165, 1.54) is 0 Å². The summed E-state index contributed by atoms with van der Waals surface area (Å²) in [5.74, 6) is 0.510. The highest BCUT2D eigenvalue weighted by molar-refractivity contribution is 5.94. The van der Waals surface area contributed by atoms with Crippen LogP contribution in [0.3, 0.4) is 0 Å². The monoisotopic (exact) mass is 271 g/mol. The maximum atomic E-state index is 12.1. The second-order valence-electron chi connectivity index (χ2n) is 5.62. The van der Waals surface area contributed by atoms with Gasteiger partial charge in [-0.3, -0.25) is 0 Å². The number of rotatable bonds is 4. The highest BCUT2D eigenvalue weighted by Crippen LogP contribution is 2.41. The highest BCUT2D eigenvalue weighted by Gasteiger charge is 2.33. The fourth-order valence-electron chi connectivity index (χ4n) is 2.74. The van der Waals surface area contributed by atoms with E-state index in [2.05, 4.69) is 25.1 Å². The minimum absolute atomic E-state index is 0.200. The number of fused-ring (bicyclic) bond motifs is 1. The number of carbonyl (C=O) groups is 1. The highest BCUT2D eigenvalue weighted by atomic mass is 16.5. The van der Waals surface area contributed by atoms with Gasteiger partial charge in [-0.05, 0) is 30.3 Å². The van der Waals surface area contributed by atoms with Crippen molar-refractivity contribution < 1.29 is 9.53 Å². The first kappa shape index (κ1) is 14.6. The quantitative estimate of drug-likeness (QED) is 0.446. The van der Waals surface area contributed by atoms with Gasteiger partial charge in [0.1, 0.15) is 11.6 Å². The van der Waals surface area contributed by atoms with Gasteiger partial charge < -0.3 is 4.74 Å². The molecule has 0 N–H and O–H groups in total. The van der Waals surface area contributed by atoms with E-state index in [0.717, 1.165) is 24.8 Å². The van der Waals surface area contributed by atoms with Crippen LogP contribution in [0.5, 0.6) is 0 Å². The van der Waals surface area contributed by atoms with Crippen molar-refractivity contribution in [3.63, 3.8) is 0 Å². The minimum Gasteiger partial charge on any atom is -0.461 e. The first-order valence-corrected chi connectivity index (χ1v) is 7.32. The topological polar surface area (TPSA) is 50.1 Å². The molecule has 1 fully saturated rings. The lowest BCUT2D eigenvalue weighted by molar-refractivity contribution is -0.139. The molecule has 0 heterocycles. The number of hydrogen-bond acceptors (Lipinski definition) is 3. The van der Waals surface area contributed by atoms with Gasteiger partial charge in [-0.2, -0.15) is 5.26 Å². The average molecular weight is 271 g/mol. The van der Waals surface area contributed by atoms with Crippen molar-refractivity contribution in [1.29, 1.82) is 5.26 Å². The largest absolute Gasteiger partial charge is 0.461 e. The molecule has 3 atom stereocenters. The summed E-state index contributed by atoms with van der Waals surface area (Å²) in [6.45, 7) is 4.48. The molecule has 3 heteroatoms. The van der Waals surface area contributed by atoms with Crippen molar-refractivity contribution >= 4 is 5.97 Å². The Balaban J connectivity index is 2.13. The third-order valence-corrected chi connectivity index (χ3v) is 4.23. The molecule has 3 unspecified atom stereocenters. The lowest BCUT2D eigenvalue weighted by Crippen LogP contribution is -2.16. The molecule has 0 spiro atoms. The van der Waals surface area contributed by atoms with Crippen molar-refractivity contribution in [2.24, 2.45) is 17.8 Å². The summed E-state index contributed by atoms with van der Waals surface area (Å²) in [4.78, 5) is 12.1. The van der Waals surface area contributed by atoms with E-state index in [1.54, 1.807) is 0 Å². The molecule has 106 valence electrons. The molecule has 1 saturated carbocycles. The van der Waals surface area contributed by atoms with Crippen LogP contribution in [0, 0.1) is 29.1 Å². The van der Waals surface area contributed by atoms with E-state index < -0.39 is 5.97 Å². The van der Waals surface area contributed by atoms with Crippen LogP contribution in [0.2, 0.25) is 0 Å². The van der Waals surface area contributed by atoms with E-state index in [1.807, 2.05) is 19.1 Å². The van der Waals surface area contributed by atoms with Gasteiger partial charge in [-0.15, -0.1) is 0 Å². The number of carbonyl (C=O) groups excluding carboxylic acids is 1. The van der Waals surface area contributed by atoms with E-state index in [0.29, 0.717) is 18.4 Å². The summed E-state index contributed by atoms with van der Waals surface area (Å²) >= 11 is 0. The predicted molar refractivity (Wildman–Crippen MR) is 77.5 cm³/mol. The standard InChI is InChI=1S/C17H21NO2/c1-3-12(2)11-20-17(19)16(10-18)15-9-8-13-6-4-5-7-14(13)15/h4-7,12-14H,3,8-9,11H2,1-2H3/b16-15+. The van der Waals surface area contributed by atoms with Gasteiger partial charge in [0.2, 0.25) is 0 Å². The molecule has 0 aromatic heterocycles. The van der Waals surface area contributed by atoms with Crippen molar-refractivity contribution in [1.82, 2.24) is 0 Å². The molecule has 20 heavy (non-hydrogen) atoms. The van der Waals surface area contributed by atoms with Crippen LogP contribution in [-0.2, 0) is 9.53 Å². The SMILES string of the molecule is CCC(C)COC(=O)/C(C#N)=C1\CCC2C=CC=CC12. The predicted octanol–water partition coefficient (Wildman–Crippen LogP) is 3.55. The molecular formula is C17H21NO2. The van der Waals surface area contributed by atoms with Crippen LogP contribution >= 0.6 is 0 Å². The lowest BCUT2D eigenvalue weighted by Gasteiger charge is -2.17. The van der Waals surface area contributed by atoms with Crippen molar-refractivity contribution in [3.05, 3.63) is 35.5 Å². The molecule has 0 saturated heterocycles. The van der Waals surface area contributed by atoms with E-state index in [-0.39, 0.29) is 11.5 Å². The minimum atomic E-state index is -0.452. The zero-order valence-corrected chi connectivity index (χ0v) is 12.1. The number of hydrogen-bond donors (Lipinski definition) is 0. The molecule has 0 aromatic rings. The Labute approximate surface area is 120 Å². The Hall–Kier alpha value is -1.82. The van der Waals surface area contributed by atoms with Gasteiger partial charge in [-0.1, -0.05) is 44.6 Å². The fourth-order valence-corrected chi connectivity index (χ4v) is 2.74. The van der Waals surface area contributed by atoms with Gasteiger partial charge >= 0.3 is 5.97 Å². The van der Waals surface area contributed by atoms with Crippen LogP contribution in [0.25, 0.3) is 0 Å². The molecule has 0 radical (unpaired) electrons. The molecule has 3 nitrogen and oxygen atoms in total. The maximum Gasteiger partial charge on any atom is 0.348 e. The van der Waals surface area contributed by atoms with Gasteiger partial charge in [0, 0.05) is 5.92 Å². The second kappa shape index (κ2) is 6.56. The molecular weight excluding hydrogens is 250 g/mol. The fraction of sp³-hybridized carbons (Fsp3) is 0.529. The molecule has 2 rings (SSSR count). The zero-order chi connectivity index (χ0) is 14.5. The molecule has 0 aromatic carbocycles. The number of nitriles is 1. The van der Waals surface area contributed by atoms with E-state index in [9.17, 15) is 10.1 Å². The first-order chi connectivity index (χ1) is 9.67. The van der Waals surface area contributed by atoms with Crippen LogP contribution in [-0.4, -0.2) is 12.6 Å². The van der Waals surface area contributed by atoms with Crippen LogP contribution < -0.4 is 0 Å². The molecule has 2 aliphatic carbocycles. The third kappa shape index (κ3) is 3.01. The van der Waals surface area contributed by atoms with Gasteiger partial charge in [0.15, 0.2) is 0 Å². The molecule has 0 bridgehead atoms. The van der Waals surface area contributed by atoms with E-state index >= 15 is 0 Å². The van der Waals surface area contributed by atoms with Crippen molar-refractivity contribution in [2.45, 2.75) is 33.1 Å². The molecule has 0 amide bonds. The maximum absolute atomic E-state index is 12.1. The summed E-state index contributed by atoms with van der Waals surface area (Å²) < 4.78 is 5.28. The van der Waals surface area contributed by atoms with Gasteiger partial charge in [0.25, 0.3) is 0 Å². The first-order valence-electron chi connectivity index (χ1n) is 7.32. The number of allylic oxidation sites excluding steroid dienone is 5. The van der Waals surface area contributed by atoms with Gasteiger partial charge in [0.05, 0.1) is 6.61 Å². The average Bonchev–Trinajstić information content (AvgIpc) is 2.89. The zero-order valence-electron chi connectivity index (χ0n) is 12.1. The summed E-state index contributed by atoms with van der Waals surface area (Å²) in [7, 11) is 0. The summed E-state index contributed by atoms with van der Waals surface area (Å²) in [5, 5.41) is 9.32. The van der Waals surface area contributed by atoms with Crippen LogP contribution in [0.1, 0.15) is 33.1 Å². The Morgan fingerprint density at radius 2 is 2.25 bits per heavy atom. The Morgan fingerprint density at radius 1 is 1.50 bits per heavy atom. The van der Waals surface area contributed by atoms with Crippen molar-refractivity contribution in [3.8, 4) is 6.07 Å². The molecule has 2 aliphatic rings. The third-order valence-electron chi connectivity index (χ3n) is 4.23. The molecule has 0 aliphatic heterocycles. The number of esters is 1. The summed E-state index contributed by atoms with van der Waals surface area (Å²) in [6.07, 6.45) is 11.1. The lowest BCUT2D eigenvalue weighted by atomic mass is 9.88. The summed E-state index contributed by atoms with van der Waals surface area (Å²) in [6, 6.07) is 2.07. The Kier molecular flexibility index (Phi) is 4.79. The summed E-state index contributed by atoms with van der Waals surface area (Å²) in [5.41, 5.74) is 1.17. The van der Waals surface area contributed by atoms with Crippen LogP contribution in [0.4, 0.5) is 0 Å². The Morgan fingerprint density at radius 3 is 2.95 bits per heavy atom. The smallest absolute Gasteiger partial charge is 0.348 e. The van der Waals surface area contributed by atoms with E-state index in [4.69, 9.17) is 4.74 Å². The van der Waals surface area contributed by atoms with Crippen molar-refractivity contribution in [2.75, 3.05) is 6.61 Å². The van der Waals surface area contributed by atoms with Crippen LogP contribution in [0.15, 0.2) is 35.5 Å². The Bertz CT molecular complexity index is 508. The van der Waals surface area contributed by atoms with Gasteiger partial charge in [-0.25, -0.2) is 4.79 Å². The number of nitrogens with zero attached hydrogens (tertiary/aromatic N) is 1. The second-order valence-corrected chi connectivity index (χ2v) is 5.62.